The second-order valence-corrected chi connectivity index (χ2v) is 7.06. The number of hydrogen-bond donors (Lipinski definition) is 2. The summed E-state index contributed by atoms with van der Waals surface area (Å²) in [5.41, 5.74) is 4.01. The smallest absolute Gasteiger partial charge is 0.148 e. The normalized spacial score (nSPS) is 15.1. The van der Waals surface area contributed by atoms with Crippen LogP contribution in [-0.4, -0.2) is 31.8 Å². The molecule has 2 N–H and O–H groups in total. The van der Waals surface area contributed by atoms with Crippen LogP contribution in [0.4, 0.5) is 5.82 Å². The summed E-state index contributed by atoms with van der Waals surface area (Å²) < 4.78 is 0. The van der Waals surface area contributed by atoms with Crippen LogP contribution >= 0.6 is 0 Å². The third-order valence-electron chi connectivity index (χ3n) is 5.37. The van der Waals surface area contributed by atoms with E-state index in [1.54, 1.807) is 12.1 Å². The molecule has 3 heterocycles. The monoisotopic (exact) mass is 361 g/mol. The first-order valence-corrected chi connectivity index (χ1v) is 9.37. The van der Waals surface area contributed by atoms with E-state index in [2.05, 4.69) is 33.5 Å². The summed E-state index contributed by atoms with van der Waals surface area (Å²) in [4.78, 5) is 8.88. The molecule has 0 aliphatic heterocycles. The van der Waals surface area contributed by atoms with E-state index < -0.39 is 0 Å². The van der Waals surface area contributed by atoms with Crippen molar-refractivity contribution in [2.45, 2.75) is 38.0 Å². The summed E-state index contributed by atoms with van der Waals surface area (Å²) in [6.07, 6.45) is 7.83. The Morgan fingerprint density at radius 1 is 1.04 bits per heavy atom. The van der Waals surface area contributed by atoms with Gasteiger partial charge < -0.3 is 10.4 Å². The van der Waals surface area contributed by atoms with Gasteiger partial charge in [0.25, 0.3) is 0 Å². The van der Waals surface area contributed by atoms with Crippen molar-refractivity contribution in [1.29, 1.82) is 0 Å². The molecule has 0 saturated heterocycles. The SMILES string of the molecule is CCc1cccnc1C1(CNc2ccc(-c3ccc(O)cn3)nn2)CCC1. The summed E-state index contributed by atoms with van der Waals surface area (Å²) in [5.74, 6) is 0.884. The highest BCUT2D eigenvalue weighted by Gasteiger charge is 2.41. The van der Waals surface area contributed by atoms with Crippen molar-refractivity contribution in [2.24, 2.45) is 0 Å². The van der Waals surface area contributed by atoms with Crippen molar-refractivity contribution in [3.05, 3.63) is 60.0 Å². The number of pyridine rings is 2. The molecule has 0 bridgehead atoms. The molecule has 6 nitrogen and oxygen atoms in total. The van der Waals surface area contributed by atoms with Crippen LogP contribution in [0.3, 0.4) is 0 Å². The second-order valence-electron chi connectivity index (χ2n) is 7.06. The number of aryl methyl sites for hydroxylation is 1. The van der Waals surface area contributed by atoms with Gasteiger partial charge in [0, 0.05) is 18.2 Å². The predicted molar refractivity (Wildman–Crippen MR) is 105 cm³/mol. The largest absolute Gasteiger partial charge is 0.506 e. The van der Waals surface area contributed by atoms with E-state index in [4.69, 9.17) is 4.98 Å². The van der Waals surface area contributed by atoms with Crippen molar-refractivity contribution in [2.75, 3.05) is 11.9 Å². The number of nitrogens with one attached hydrogen (secondary N) is 1. The van der Waals surface area contributed by atoms with E-state index in [-0.39, 0.29) is 11.2 Å². The first kappa shape index (κ1) is 17.4. The quantitative estimate of drug-likeness (QED) is 0.696. The molecule has 0 spiro atoms. The number of anilines is 1. The van der Waals surface area contributed by atoms with Crippen molar-refractivity contribution in [3.63, 3.8) is 0 Å². The third kappa shape index (κ3) is 3.47. The van der Waals surface area contributed by atoms with Crippen molar-refractivity contribution >= 4 is 5.82 Å². The minimum atomic E-state index is 0.0888. The Balaban J connectivity index is 1.48. The van der Waals surface area contributed by atoms with E-state index in [1.165, 1.54) is 23.9 Å². The van der Waals surface area contributed by atoms with Gasteiger partial charge >= 0.3 is 0 Å². The molecule has 0 unspecified atom stereocenters. The first-order chi connectivity index (χ1) is 13.2. The molecule has 0 amide bonds. The summed E-state index contributed by atoms with van der Waals surface area (Å²) in [7, 11) is 0. The number of nitrogens with zero attached hydrogens (tertiary/aromatic N) is 4. The van der Waals surface area contributed by atoms with E-state index >= 15 is 0 Å². The summed E-state index contributed by atoms with van der Waals surface area (Å²) in [6, 6.07) is 11.3. The van der Waals surface area contributed by atoms with Gasteiger partial charge in [0.05, 0.1) is 17.6 Å². The molecule has 1 aliphatic carbocycles. The highest BCUT2D eigenvalue weighted by atomic mass is 16.3. The van der Waals surface area contributed by atoms with Gasteiger partial charge in [0.15, 0.2) is 0 Å². The van der Waals surface area contributed by atoms with Gasteiger partial charge in [-0.05, 0) is 55.2 Å². The van der Waals surface area contributed by atoms with E-state index in [9.17, 15) is 5.11 Å². The van der Waals surface area contributed by atoms with Gasteiger partial charge in [0.1, 0.15) is 17.3 Å². The number of rotatable bonds is 6. The lowest BCUT2D eigenvalue weighted by Gasteiger charge is -2.42. The average molecular weight is 361 g/mol. The molecule has 1 fully saturated rings. The van der Waals surface area contributed by atoms with E-state index in [0.29, 0.717) is 11.4 Å². The summed E-state index contributed by atoms with van der Waals surface area (Å²) >= 11 is 0. The molecule has 3 aromatic heterocycles. The fraction of sp³-hybridized carbons (Fsp3) is 0.333. The fourth-order valence-corrected chi connectivity index (χ4v) is 3.66. The Hall–Kier alpha value is -3.02. The van der Waals surface area contributed by atoms with Crippen LogP contribution in [0.15, 0.2) is 48.8 Å². The van der Waals surface area contributed by atoms with Gasteiger partial charge in [-0.2, -0.15) is 0 Å². The van der Waals surface area contributed by atoms with Crippen LogP contribution in [0.5, 0.6) is 5.75 Å². The maximum atomic E-state index is 9.34. The lowest BCUT2D eigenvalue weighted by atomic mass is 9.65. The van der Waals surface area contributed by atoms with Crippen molar-refractivity contribution in [3.8, 4) is 17.1 Å². The highest BCUT2D eigenvalue weighted by molar-refractivity contribution is 5.55. The molecule has 4 rings (SSSR count). The first-order valence-electron chi connectivity index (χ1n) is 9.37. The lowest BCUT2D eigenvalue weighted by Crippen LogP contribution is -2.42. The van der Waals surface area contributed by atoms with Crippen LogP contribution in [0.1, 0.15) is 37.4 Å². The molecule has 0 radical (unpaired) electrons. The van der Waals surface area contributed by atoms with Crippen molar-refractivity contribution in [1.82, 2.24) is 20.2 Å². The van der Waals surface area contributed by atoms with Crippen molar-refractivity contribution < 1.29 is 5.11 Å². The van der Waals surface area contributed by atoms with Crippen LogP contribution in [-0.2, 0) is 11.8 Å². The minimum Gasteiger partial charge on any atom is -0.506 e. The lowest BCUT2D eigenvalue weighted by molar-refractivity contribution is 0.251. The molecular formula is C21H23N5O. The molecular weight excluding hydrogens is 338 g/mol. The molecule has 6 heteroatoms. The third-order valence-corrected chi connectivity index (χ3v) is 5.37. The Morgan fingerprint density at radius 3 is 2.52 bits per heavy atom. The summed E-state index contributed by atoms with van der Waals surface area (Å²) in [5, 5.41) is 21.3. The number of aromatic nitrogens is 4. The van der Waals surface area contributed by atoms with Gasteiger partial charge in [-0.3, -0.25) is 9.97 Å². The molecule has 1 aliphatic rings. The zero-order valence-electron chi connectivity index (χ0n) is 15.4. The van der Waals surface area contributed by atoms with Crippen LogP contribution in [0.25, 0.3) is 11.4 Å². The van der Waals surface area contributed by atoms with Gasteiger partial charge in [-0.25, -0.2) is 0 Å². The van der Waals surface area contributed by atoms with Crippen LogP contribution < -0.4 is 5.32 Å². The number of aromatic hydroxyl groups is 1. The molecule has 138 valence electrons. The Bertz CT molecular complexity index is 905. The number of hydrogen-bond acceptors (Lipinski definition) is 6. The zero-order chi connectivity index (χ0) is 18.7. The van der Waals surface area contributed by atoms with E-state index in [0.717, 1.165) is 31.6 Å². The topological polar surface area (TPSA) is 83.8 Å². The molecule has 0 aromatic carbocycles. The maximum absolute atomic E-state index is 9.34. The molecule has 3 aromatic rings. The Kier molecular flexibility index (Phi) is 4.71. The zero-order valence-corrected chi connectivity index (χ0v) is 15.4. The molecule has 0 atom stereocenters. The molecule has 1 saturated carbocycles. The van der Waals surface area contributed by atoms with Crippen LogP contribution in [0, 0.1) is 0 Å². The Labute approximate surface area is 158 Å². The fourth-order valence-electron chi connectivity index (χ4n) is 3.66. The standard InChI is InChI=1S/C21H23N5O/c1-2-15-5-3-12-22-20(15)21(10-4-11-21)14-24-19-9-8-18(25-26-19)17-7-6-16(27)13-23-17/h3,5-9,12-13,27H,2,4,10-11,14H2,1H3,(H,24,26). The average Bonchev–Trinajstić information content (AvgIpc) is 2.69. The minimum absolute atomic E-state index is 0.0888. The van der Waals surface area contributed by atoms with Gasteiger partial charge in [0.2, 0.25) is 0 Å². The van der Waals surface area contributed by atoms with Crippen LogP contribution in [0.2, 0.25) is 0 Å². The van der Waals surface area contributed by atoms with Gasteiger partial charge in [-0.15, -0.1) is 10.2 Å². The molecule has 27 heavy (non-hydrogen) atoms. The highest BCUT2D eigenvalue weighted by Crippen LogP contribution is 2.44. The second kappa shape index (κ2) is 7.31. The maximum Gasteiger partial charge on any atom is 0.148 e. The van der Waals surface area contributed by atoms with Gasteiger partial charge in [-0.1, -0.05) is 19.4 Å². The predicted octanol–water partition coefficient (Wildman–Crippen LogP) is 3.74. The Morgan fingerprint density at radius 2 is 1.89 bits per heavy atom. The van der Waals surface area contributed by atoms with E-state index in [1.807, 2.05) is 24.4 Å². The summed E-state index contributed by atoms with van der Waals surface area (Å²) in [6.45, 7) is 2.99.